The molecule has 0 bridgehead atoms. The van der Waals surface area contributed by atoms with Crippen LogP contribution < -0.4 is 15.4 Å². The zero-order valence-corrected chi connectivity index (χ0v) is 21.2. The van der Waals surface area contributed by atoms with Gasteiger partial charge in [-0.05, 0) is 24.1 Å². The Hall–Kier alpha value is -3.35. The van der Waals surface area contributed by atoms with Crippen LogP contribution in [0.3, 0.4) is 0 Å². The third-order valence-electron chi connectivity index (χ3n) is 5.25. The van der Waals surface area contributed by atoms with Crippen LogP contribution in [0.4, 0.5) is 15.6 Å². The summed E-state index contributed by atoms with van der Waals surface area (Å²) in [5, 5.41) is 16.4. The fourth-order valence-electron chi connectivity index (χ4n) is 3.62. The molecule has 1 saturated carbocycles. The SMILES string of the molecule is CS(=O)(=O)NCc1nc(NC(=O)Nc2ccncc2C(=O)C2CCCC2)sc1S(=O)(=O)c1nn[nH]n1. The van der Waals surface area contributed by atoms with Crippen molar-refractivity contribution >= 4 is 53.8 Å². The summed E-state index contributed by atoms with van der Waals surface area (Å²) in [5.41, 5.74) is 0.346. The summed E-state index contributed by atoms with van der Waals surface area (Å²) in [4.78, 5) is 33.6. The molecule has 3 heterocycles. The van der Waals surface area contributed by atoms with Gasteiger partial charge < -0.3 is 5.32 Å². The Kier molecular flexibility index (Phi) is 7.38. The van der Waals surface area contributed by atoms with Crippen molar-refractivity contribution in [1.82, 2.24) is 35.3 Å². The average Bonchev–Trinajstić information content (AvgIpc) is 3.59. The van der Waals surface area contributed by atoms with Gasteiger partial charge in [-0.1, -0.05) is 29.3 Å². The number of amides is 2. The van der Waals surface area contributed by atoms with E-state index < -0.39 is 37.6 Å². The molecular weight excluding hydrogens is 534 g/mol. The molecule has 4 rings (SSSR count). The summed E-state index contributed by atoms with van der Waals surface area (Å²) >= 11 is 0.578. The monoisotopic (exact) mass is 555 g/mol. The highest BCUT2D eigenvalue weighted by Crippen LogP contribution is 2.32. The molecule has 0 saturated heterocycles. The van der Waals surface area contributed by atoms with Gasteiger partial charge in [0.05, 0.1) is 29.7 Å². The Morgan fingerprint density at radius 2 is 1.92 bits per heavy atom. The number of hydrogen-bond donors (Lipinski definition) is 4. The van der Waals surface area contributed by atoms with E-state index in [0.717, 1.165) is 31.9 Å². The Morgan fingerprint density at radius 1 is 1.17 bits per heavy atom. The molecule has 0 spiro atoms. The Morgan fingerprint density at radius 3 is 2.58 bits per heavy atom. The van der Waals surface area contributed by atoms with E-state index in [2.05, 4.69) is 45.9 Å². The van der Waals surface area contributed by atoms with E-state index in [-0.39, 0.29) is 38.0 Å². The van der Waals surface area contributed by atoms with Crippen LogP contribution >= 0.6 is 11.3 Å². The number of thiazole rings is 1. The van der Waals surface area contributed by atoms with Gasteiger partial charge in [0.25, 0.3) is 15.0 Å². The van der Waals surface area contributed by atoms with Crippen LogP contribution in [0.2, 0.25) is 0 Å². The number of aromatic nitrogens is 6. The van der Waals surface area contributed by atoms with Crippen molar-refractivity contribution in [3.63, 3.8) is 0 Å². The highest BCUT2D eigenvalue weighted by molar-refractivity contribution is 7.93. The second-order valence-electron chi connectivity index (χ2n) is 7.89. The smallest absolute Gasteiger partial charge is 0.307 e. The number of sulfone groups is 1. The molecule has 18 heteroatoms. The quantitative estimate of drug-likeness (QED) is 0.272. The molecule has 3 aromatic heterocycles. The van der Waals surface area contributed by atoms with Crippen molar-refractivity contribution < 1.29 is 26.4 Å². The predicted octanol–water partition coefficient (Wildman–Crippen LogP) is 0.950. The number of nitrogens with one attached hydrogen (secondary N) is 4. The molecule has 36 heavy (non-hydrogen) atoms. The van der Waals surface area contributed by atoms with E-state index in [4.69, 9.17) is 0 Å². The van der Waals surface area contributed by atoms with E-state index in [1.54, 1.807) is 0 Å². The first-order valence-electron chi connectivity index (χ1n) is 10.5. The minimum atomic E-state index is -4.31. The third kappa shape index (κ3) is 5.89. The van der Waals surface area contributed by atoms with Gasteiger partial charge in [0.2, 0.25) is 10.0 Å². The van der Waals surface area contributed by atoms with Crippen LogP contribution in [-0.2, 0) is 26.4 Å². The number of rotatable bonds is 9. The number of ketones is 1. The van der Waals surface area contributed by atoms with Crippen molar-refractivity contribution in [3.8, 4) is 0 Å². The first kappa shape index (κ1) is 25.7. The Bertz CT molecular complexity index is 1480. The molecule has 0 radical (unpaired) electrons. The summed E-state index contributed by atoms with van der Waals surface area (Å²) < 4.78 is 50.7. The second kappa shape index (κ2) is 10.3. The first-order valence-corrected chi connectivity index (χ1v) is 14.7. The van der Waals surface area contributed by atoms with Gasteiger partial charge in [-0.25, -0.2) is 31.3 Å². The second-order valence-corrected chi connectivity index (χ2v) is 12.8. The lowest BCUT2D eigenvalue weighted by molar-refractivity contribution is 0.0923. The number of hydrogen-bond acceptors (Lipinski definition) is 12. The van der Waals surface area contributed by atoms with Crippen LogP contribution in [0.15, 0.2) is 27.8 Å². The lowest BCUT2D eigenvalue weighted by Crippen LogP contribution is -2.23. The topological polar surface area (TPSA) is 219 Å². The lowest BCUT2D eigenvalue weighted by atomic mass is 9.96. The first-order chi connectivity index (χ1) is 17.0. The van der Waals surface area contributed by atoms with Gasteiger partial charge in [0.15, 0.2) is 15.1 Å². The van der Waals surface area contributed by atoms with Crippen LogP contribution in [0.1, 0.15) is 41.7 Å². The summed E-state index contributed by atoms with van der Waals surface area (Å²) in [7, 11) is -8.00. The molecule has 1 aliphatic rings. The number of pyridine rings is 1. The van der Waals surface area contributed by atoms with E-state index in [9.17, 15) is 26.4 Å². The highest BCUT2D eigenvalue weighted by atomic mass is 32.2. The van der Waals surface area contributed by atoms with Crippen molar-refractivity contribution in [2.24, 2.45) is 5.92 Å². The van der Waals surface area contributed by atoms with Gasteiger partial charge in [0, 0.05) is 18.3 Å². The lowest BCUT2D eigenvalue weighted by Gasteiger charge is -2.13. The number of H-pyrrole nitrogens is 1. The molecule has 0 atom stereocenters. The summed E-state index contributed by atoms with van der Waals surface area (Å²) in [6.45, 7) is -0.463. The molecule has 15 nitrogen and oxygen atoms in total. The number of Topliss-reactive ketones (excluding diaryl/α,β-unsaturated/α-hetero) is 1. The molecule has 3 aromatic rings. The van der Waals surface area contributed by atoms with Gasteiger partial charge >= 0.3 is 6.03 Å². The van der Waals surface area contributed by atoms with Crippen molar-refractivity contribution in [3.05, 3.63) is 29.7 Å². The maximum atomic E-state index is 12.9. The number of aromatic amines is 1. The number of urea groups is 1. The van der Waals surface area contributed by atoms with E-state index in [1.165, 1.54) is 18.5 Å². The van der Waals surface area contributed by atoms with Gasteiger partial charge in [-0.15, -0.1) is 5.10 Å². The van der Waals surface area contributed by atoms with Gasteiger partial charge in [0.1, 0.15) is 0 Å². The van der Waals surface area contributed by atoms with E-state index >= 15 is 0 Å². The molecule has 0 aromatic carbocycles. The summed E-state index contributed by atoms with van der Waals surface area (Å²) in [6.07, 6.45) is 7.21. The van der Waals surface area contributed by atoms with Crippen molar-refractivity contribution in [2.75, 3.05) is 16.9 Å². The Labute approximate surface area is 209 Å². The third-order valence-corrected chi connectivity index (χ3v) is 9.02. The van der Waals surface area contributed by atoms with Gasteiger partial charge in [-0.3, -0.25) is 15.1 Å². The summed E-state index contributed by atoms with van der Waals surface area (Å²) in [5.74, 6) is -0.229. The van der Waals surface area contributed by atoms with Gasteiger partial charge in [-0.2, -0.15) is 5.21 Å². The van der Waals surface area contributed by atoms with E-state index in [0.29, 0.717) is 11.3 Å². The van der Waals surface area contributed by atoms with Crippen LogP contribution in [0.25, 0.3) is 0 Å². The normalized spacial score (nSPS) is 14.6. The molecule has 1 aliphatic carbocycles. The molecule has 4 N–H and O–H groups in total. The maximum absolute atomic E-state index is 12.9. The maximum Gasteiger partial charge on any atom is 0.325 e. The number of anilines is 2. The number of nitrogens with zero attached hydrogens (tertiary/aromatic N) is 5. The summed E-state index contributed by atoms with van der Waals surface area (Å²) in [6, 6.07) is 0.693. The minimum absolute atomic E-state index is 0.104. The largest absolute Gasteiger partial charge is 0.325 e. The molecular formula is C18H21N9O6S3. The Balaban J connectivity index is 1.57. The fraction of sp³-hybridized carbons (Fsp3) is 0.389. The molecule has 0 unspecified atom stereocenters. The number of carbonyl (C=O) groups excluding carboxylic acids is 2. The predicted molar refractivity (Wildman–Crippen MR) is 127 cm³/mol. The molecule has 2 amide bonds. The van der Waals surface area contributed by atoms with Crippen LogP contribution in [0.5, 0.6) is 0 Å². The van der Waals surface area contributed by atoms with Crippen LogP contribution in [-0.4, -0.2) is 65.5 Å². The zero-order chi connectivity index (χ0) is 25.9. The van der Waals surface area contributed by atoms with Crippen LogP contribution in [0, 0.1) is 5.92 Å². The standard InChI is InChI=1S/C18H21N9O6S3/c1-35(30,31)20-9-13-15(36(32,33)18-24-26-27-25-18)34-17(22-13)23-16(29)21-12-6-7-19-8-11(12)14(28)10-4-2-3-5-10/h6-8,10,20H,2-5,9H2,1H3,(H,24,25,26,27)(H2,19,21,22,23,29). The zero-order valence-electron chi connectivity index (χ0n) is 18.8. The fourth-order valence-corrected chi connectivity index (χ4v) is 6.53. The number of tetrazole rings is 1. The minimum Gasteiger partial charge on any atom is -0.307 e. The molecule has 0 aliphatic heterocycles. The van der Waals surface area contributed by atoms with Crippen molar-refractivity contribution in [2.45, 2.75) is 41.6 Å². The van der Waals surface area contributed by atoms with E-state index in [1.807, 2.05) is 0 Å². The molecule has 1 fully saturated rings. The average molecular weight is 556 g/mol. The molecule has 192 valence electrons. The number of carbonyl (C=O) groups is 2. The number of sulfonamides is 1. The highest BCUT2D eigenvalue weighted by Gasteiger charge is 2.31. The van der Waals surface area contributed by atoms with Crippen molar-refractivity contribution in [1.29, 1.82) is 0 Å².